The van der Waals surface area contributed by atoms with Crippen LogP contribution in [0.2, 0.25) is 0 Å². The van der Waals surface area contributed by atoms with Crippen molar-refractivity contribution in [2.75, 3.05) is 39.4 Å². The van der Waals surface area contributed by atoms with Crippen molar-refractivity contribution in [3.63, 3.8) is 0 Å². The third kappa shape index (κ3) is 29.9. The van der Waals surface area contributed by atoms with E-state index in [1.165, 1.54) is 89.9 Å². The monoisotopic (exact) mass is 542 g/mol. The lowest BCUT2D eigenvalue weighted by Crippen LogP contribution is -2.54. The van der Waals surface area contributed by atoms with Gasteiger partial charge < -0.3 is 19.8 Å². The molecule has 0 fully saturated rings. The maximum absolute atomic E-state index is 10.5. The topological polar surface area (TPSA) is 135 Å². The summed E-state index contributed by atoms with van der Waals surface area (Å²) in [6.07, 6.45) is 22.3. The van der Waals surface area contributed by atoms with Gasteiger partial charge in [0.15, 0.2) is 0 Å². The molecule has 0 aromatic heterocycles. The van der Waals surface area contributed by atoms with Gasteiger partial charge in [-0.15, -0.1) is 0 Å². The van der Waals surface area contributed by atoms with Crippen molar-refractivity contribution in [1.29, 1.82) is 0 Å². The molecule has 1 atom stereocenters. The van der Waals surface area contributed by atoms with Crippen LogP contribution < -0.4 is 0 Å². The quantitative estimate of drug-likeness (QED) is 0.0579. The van der Waals surface area contributed by atoms with Gasteiger partial charge in [-0.05, 0) is 19.3 Å². The van der Waals surface area contributed by atoms with E-state index < -0.39 is 10.4 Å². The van der Waals surface area contributed by atoms with Gasteiger partial charge in [0.05, 0.1) is 19.6 Å². The van der Waals surface area contributed by atoms with E-state index in [9.17, 15) is 15.3 Å². The molecule has 0 amide bonds. The average Bonchev–Trinajstić information content (AvgIpc) is 2.80. The summed E-state index contributed by atoms with van der Waals surface area (Å²) >= 11 is 0. The van der Waals surface area contributed by atoms with Crippen molar-refractivity contribution in [3.05, 3.63) is 0 Å². The smallest absolute Gasteiger partial charge is 0.394 e. The van der Waals surface area contributed by atoms with Crippen molar-refractivity contribution in [2.45, 2.75) is 136 Å². The predicted molar refractivity (Wildman–Crippen MR) is 149 cm³/mol. The molecular weight excluding hydrogens is 482 g/mol. The van der Waals surface area contributed by atoms with Crippen LogP contribution in [0.3, 0.4) is 0 Å². The normalized spacial score (nSPS) is 12.9. The lowest BCUT2D eigenvalue weighted by molar-refractivity contribution is -0.931. The molecule has 0 radical (unpaired) electrons. The molecule has 0 bridgehead atoms. The molecule has 0 aliphatic rings. The number of rotatable bonds is 25. The molecule has 5 N–H and O–H groups in total. The van der Waals surface area contributed by atoms with Gasteiger partial charge in [-0.2, -0.15) is 8.42 Å². The summed E-state index contributed by atoms with van der Waals surface area (Å²) in [7, 11) is -4.67. The molecule has 0 aliphatic carbocycles. The summed E-state index contributed by atoms with van der Waals surface area (Å²) in [5.41, 5.74) is 0. The lowest BCUT2D eigenvalue weighted by Gasteiger charge is -2.40. The zero-order valence-corrected chi connectivity index (χ0v) is 24.3. The highest BCUT2D eigenvalue weighted by Gasteiger charge is 2.29. The minimum Gasteiger partial charge on any atom is -0.396 e. The van der Waals surface area contributed by atoms with Crippen LogP contribution in [0.4, 0.5) is 0 Å². The van der Waals surface area contributed by atoms with Crippen molar-refractivity contribution in [1.82, 2.24) is 0 Å². The number of unbranched alkanes of at least 4 members (excludes halogenated alkanes) is 13. The molecule has 0 saturated heterocycles. The van der Waals surface area contributed by atoms with Gasteiger partial charge >= 0.3 is 10.4 Å². The Balaban J connectivity index is 0. The fourth-order valence-electron chi connectivity index (χ4n) is 4.93. The van der Waals surface area contributed by atoms with Crippen LogP contribution in [-0.4, -0.2) is 82.8 Å². The fourth-order valence-corrected chi connectivity index (χ4v) is 4.93. The standard InChI is InChI=1S/C27H58NO3.H2O4S/c1-3-5-6-7-8-9-10-11-12-13-14-15-16-17-21-28(22-18-24-29,23-19-25-30)26-27(31)20-4-2;1-5(2,3)4/h27,29-31H,3-26H2,1-2H3;(H2,1,2,3,4)/q+1;. The second-order valence-corrected chi connectivity index (χ2v) is 11.2. The number of hydrogen-bond acceptors (Lipinski definition) is 5. The molecule has 0 saturated carbocycles. The molecule has 220 valence electrons. The van der Waals surface area contributed by atoms with E-state index >= 15 is 0 Å². The molecule has 0 aromatic carbocycles. The predicted octanol–water partition coefficient (Wildman–Crippen LogP) is 5.56. The zero-order chi connectivity index (χ0) is 27.5. The Morgan fingerprint density at radius 2 is 0.917 bits per heavy atom. The van der Waals surface area contributed by atoms with Crippen LogP contribution in [0.15, 0.2) is 0 Å². The number of nitrogens with zero attached hydrogens (tertiary/aromatic N) is 1. The molecule has 36 heavy (non-hydrogen) atoms. The second-order valence-electron chi connectivity index (χ2n) is 10.3. The number of aliphatic hydroxyl groups is 3. The molecule has 0 spiro atoms. The molecule has 1 unspecified atom stereocenters. The fraction of sp³-hybridized carbons (Fsp3) is 1.00. The third-order valence-electron chi connectivity index (χ3n) is 6.79. The van der Waals surface area contributed by atoms with E-state index in [4.69, 9.17) is 17.5 Å². The Morgan fingerprint density at radius 1 is 0.583 bits per heavy atom. The first kappa shape index (κ1) is 37.9. The van der Waals surface area contributed by atoms with Gasteiger partial charge in [-0.1, -0.05) is 97.3 Å². The van der Waals surface area contributed by atoms with E-state index in [2.05, 4.69) is 13.8 Å². The Labute approximate surface area is 222 Å². The summed E-state index contributed by atoms with van der Waals surface area (Å²) in [5.74, 6) is 0. The van der Waals surface area contributed by atoms with Crippen LogP contribution in [0, 0.1) is 0 Å². The highest BCUT2D eigenvalue weighted by atomic mass is 32.3. The minimum atomic E-state index is -4.67. The third-order valence-corrected chi connectivity index (χ3v) is 6.79. The highest BCUT2D eigenvalue weighted by Crippen LogP contribution is 2.18. The molecule has 0 aromatic rings. The molecule has 0 heterocycles. The Morgan fingerprint density at radius 3 is 1.25 bits per heavy atom. The van der Waals surface area contributed by atoms with Crippen LogP contribution in [0.25, 0.3) is 0 Å². The largest absolute Gasteiger partial charge is 0.396 e. The maximum atomic E-state index is 10.5. The van der Waals surface area contributed by atoms with E-state index in [1.54, 1.807) is 0 Å². The van der Waals surface area contributed by atoms with Gasteiger partial charge in [0.1, 0.15) is 12.6 Å². The molecule has 8 nitrogen and oxygen atoms in total. The van der Waals surface area contributed by atoms with Crippen LogP contribution in [-0.2, 0) is 10.4 Å². The summed E-state index contributed by atoms with van der Waals surface area (Å²) in [4.78, 5) is 0. The Kier molecular flexibility index (Phi) is 27.7. The first-order chi connectivity index (χ1) is 17.1. The van der Waals surface area contributed by atoms with E-state index in [-0.39, 0.29) is 19.3 Å². The van der Waals surface area contributed by atoms with Gasteiger partial charge in [0, 0.05) is 26.1 Å². The van der Waals surface area contributed by atoms with Gasteiger partial charge in [-0.3, -0.25) is 9.11 Å². The molecular formula is C27H60NO7S+. The summed E-state index contributed by atoms with van der Waals surface area (Å²) in [6.45, 7) is 8.48. The Hall–Kier alpha value is -0.290. The first-order valence-electron chi connectivity index (χ1n) is 14.6. The molecule has 0 rings (SSSR count). The average molecular weight is 543 g/mol. The van der Waals surface area contributed by atoms with Crippen molar-refractivity contribution in [2.24, 2.45) is 0 Å². The zero-order valence-electron chi connectivity index (χ0n) is 23.5. The van der Waals surface area contributed by atoms with Crippen molar-refractivity contribution < 1.29 is 37.3 Å². The molecule has 9 heteroatoms. The van der Waals surface area contributed by atoms with Crippen molar-refractivity contribution in [3.8, 4) is 0 Å². The van der Waals surface area contributed by atoms with E-state index in [1.807, 2.05) is 0 Å². The van der Waals surface area contributed by atoms with Crippen molar-refractivity contribution >= 4 is 10.4 Å². The van der Waals surface area contributed by atoms with E-state index in [0.29, 0.717) is 0 Å². The van der Waals surface area contributed by atoms with Gasteiger partial charge in [-0.25, -0.2) is 0 Å². The second kappa shape index (κ2) is 26.3. The van der Waals surface area contributed by atoms with Crippen LogP contribution in [0.5, 0.6) is 0 Å². The van der Waals surface area contributed by atoms with Crippen LogP contribution >= 0.6 is 0 Å². The number of hydrogen-bond donors (Lipinski definition) is 5. The number of quaternary nitrogens is 1. The molecule has 0 aliphatic heterocycles. The highest BCUT2D eigenvalue weighted by molar-refractivity contribution is 7.79. The van der Waals surface area contributed by atoms with Gasteiger partial charge in [0.25, 0.3) is 0 Å². The number of aliphatic hydroxyl groups excluding tert-OH is 3. The van der Waals surface area contributed by atoms with Crippen LogP contribution in [0.1, 0.15) is 129 Å². The Bertz CT molecular complexity index is 530. The first-order valence-corrected chi connectivity index (χ1v) is 16.0. The summed E-state index contributed by atoms with van der Waals surface area (Å²) < 4.78 is 32.4. The summed E-state index contributed by atoms with van der Waals surface area (Å²) in [5, 5.41) is 29.2. The lowest BCUT2D eigenvalue weighted by atomic mass is 10.0. The minimum absolute atomic E-state index is 0.210. The summed E-state index contributed by atoms with van der Waals surface area (Å²) in [6, 6.07) is 0. The SMILES string of the molecule is CCCCCCCCCCCCCCCC[N+](CCCO)(CCCO)CC(O)CCC.O=S(=O)(O)O. The van der Waals surface area contributed by atoms with Gasteiger partial charge in [0.2, 0.25) is 0 Å². The maximum Gasteiger partial charge on any atom is 0.394 e. The van der Waals surface area contributed by atoms with E-state index in [0.717, 1.165) is 56.3 Å².